The summed E-state index contributed by atoms with van der Waals surface area (Å²) in [6.07, 6.45) is 0.920. The molecule has 3 rings (SSSR count). The second kappa shape index (κ2) is 7.98. The Balaban J connectivity index is 1.75. The van der Waals surface area contributed by atoms with E-state index in [1.54, 1.807) is 0 Å². The van der Waals surface area contributed by atoms with Crippen LogP contribution in [0.25, 0.3) is 0 Å². The van der Waals surface area contributed by atoms with Crippen molar-refractivity contribution in [1.82, 2.24) is 4.98 Å². The van der Waals surface area contributed by atoms with Crippen molar-refractivity contribution in [3.63, 3.8) is 0 Å². The first-order valence-corrected chi connectivity index (χ1v) is 8.28. The van der Waals surface area contributed by atoms with Crippen LogP contribution in [0, 0.1) is 18.3 Å². The van der Waals surface area contributed by atoms with Crippen molar-refractivity contribution in [1.29, 1.82) is 5.26 Å². The van der Waals surface area contributed by atoms with Crippen LogP contribution < -0.4 is 10.6 Å². The first kappa shape index (κ1) is 16.5. The summed E-state index contributed by atoms with van der Waals surface area (Å²) in [6.45, 7) is 2.71. The fraction of sp³-hybridized carbons (Fsp3) is 0.143. The molecular weight excluding hydrogens is 308 g/mol. The lowest BCUT2D eigenvalue weighted by Crippen LogP contribution is -2.09. The molecule has 0 aliphatic rings. The maximum absolute atomic E-state index is 9.44. The van der Waals surface area contributed by atoms with Crippen LogP contribution >= 0.6 is 0 Å². The maximum Gasteiger partial charge on any atom is 0.151 e. The predicted octanol–water partition coefficient (Wildman–Crippen LogP) is 4.66. The molecule has 0 fully saturated rings. The Labute approximate surface area is 148 Å². The van der Waals surface area contributed by atoms with Gasteiger partial charge in [0.15, 0.2) is 5.82 Å². The van der Waals surface area contributed by atoms with E-state index >= 15 is 0 Å². The molecule has 0 aliphatic carbocycles. The van der Waals surface area contributed by atoms with E-state index in [1.165, 1.54) is 5.56 Å². The molecule has 124 valence electrons. The van der Waals surface area contributed by atoms with Crippen LogP contribution in [-0.2, 0) is 6.42 Å². The molecule has 0 aliphatic heterocycles. The lowest BCUT2D eigenvalue weighted by atomic mass is 10.1. The number of pyridine rings is 1. The minimum Gasteiger partial charge on any atom is -0.370 e. The summed E-state index contributed by atoms with van der Waals surface area (Å²) in [5.74, 6) is 1.35. The number of rotatable bonds is 6. The standard InChI is InChI=1S/C21H20N4/c1-16-14-20(23-13-12-17-8-4-2-5-9-17)25-21(19(16)15-22)24-18-10-6-3-7-11-18/h2-11,14H,12-13H2,1H3,(H2,23,24,25). The third kappa shape index (κ3) is 4.36. The molecule has 0 saturated carbocycles. The molecule has 4 nitrogen and oxygen atoms in total. The number of hydrogen-bond donors (Lipinski definition) is 2. The van der Waals surface area contributed by atoms with Gasteiger partial charge in [-0.1, -0.05) is 48.5 Å². The maximum atomic E-state index is 9.44. The van der Waals surface area contributed by atoms with Gasteiger partial charge < -0.3 is 10.6 Å². The molecule has 1 heterocycles. The zero-order chi connectivity index (χ0) is 17.5. The molecule has 0 unspecified atom stereocenters. The second-order valence-corrected chi connectivity index (χ2v) is 5.81. The zero-order valence-corrected chi connectivity index (χ0v) is 14.2. The number of para-hydroxylation sites is 1. The van der Waals surface area contributed by atoms with Gasteiger partial charge in [-0.2, -0.15) is 5.26 Å². The summed E-state index contributed by atoms with van der Waals surface area (Å²) >= 11 is 0. The molecule has 25 heavy (non-hydrogen) atoms. The van der Waals surface area contributed by atoms with Crippen molar-refractivity contribution in [3.05, 3.63) is 83.4 Å². The molecule has 0 saturated heterocycles. The van der Waals surface area contributed by atoms with Gasteiger partial charge in [0.05, 0.1) is 5.56 Å². The first-order chi connectivity index (χ1) is 12.3. The van der Waals surface area contributed by atoms with E-state index in [2.05, 4.69) is 33.8 Å². The number of benzene rings is 2. The third-order valence-electron chi connectivity index (χ3n) is 3.93. The molecule has 3 aromatic rings. The Morgan fingerprint density at radius 1 is 1.00 bits per heavy atom. The number of nitrogens with one attached hydrogen (secondary N) is 2. The van der Waals surface area contributed by atoms with Crippen LogP contribution in [0.1, 0.15) is 16.7 Å². The summed E-state index contributed by atoms with van der Waals surface area (Å²) in [5.41, 5.74) is 3.66. The minimum atomic E-state index is 0.567. The van der Waals surface area contributed by atoms with E-state index < -0.39 is 0 Å². The van der Waals surface area contributed by atoms with Crippen LogP contribution in [0.4, 0.5) is 17.3 Å². The van der Waals surface area contributed by atoms with Gasteiger partial charge in [0.25, 0.3) is 0 Å². The average molecular weight is 328 g/mol. The Kier molecular flexibility index (Phi) is 5.28. The van der Waals surface area contributed by atoms with Crippen LogP contribution in [0.3, 0.4) is 0 Å². The molecule has 4 heteroatoms. The number of nitriles is 1. The SMILES string of the molecule is Cc1cc(NCCc2ccccc2)nc(Nc2ccccc2)c1C#N. The zero-order valence-electron chi connectivity index (χ0n) is 14.2. The van der Waals surface area contributed by atoms with Crippen LogP contribution in [0.15, 0.2) is 66.7 Å². The van der Waals surface area contributed by atoms with Crippen molar-refractivity contribution < 1.29 is 0 Å². The van der Waals surface area contributed by atoms with E-state index in [0.29, 0.717) is 11.4 Å². The van der Waals surface area contributed by atoms with E-state index in [-0.39, 0.29) is 0 Å². The van der Waals surface area contributed by atoms with Crippen molar-refractivity contribution in [2.45, 2.75) is 13.3 Å². The number of nitrogens with zero attached hydrogens (tertiary/aromatic N) is 2. The molecule has 2 N–H and O–H groups in total. The molecular formula is C21H20N4. The van der Waals surface area contributed by atoms with Crippen LogP contribution in [-0.4, -0.2) is 11.5 Å². The Morgan fingerprint density at radius 3 is 2.36 bits per heavy atom. The minimum absolute atomic E-state index is 0.567. The lowest BCUT2D eigenvalue weighted by molar-refractivity contribution is 1.00. The summed E-state index contributed by atoms with van der Waals surface area (Å²) in [6, 6.07) is 24.2. The number of aromatic nitrogens is 1. The molecule has 0 atom stereocenters. The van der Waals surface area contributed by atoms with E-state index in [4.69, 9.17) is 0 Å². The smallest absolute Gasteiger partial charge is 0.151 e. The fourth-order valence-electron chi connectivity index (χ4n) is 2.63. The van der Waals surface area contributed by atoms with Gasteiger partial charge in [-0.05, 0) is 42.7 Å². The monoisotopic (exact) mass is 328 g/mol. The Bertz CT molecular complexity index is 868. The lowest BCUT2D eigenvalue weighted by Gasteiger charge is -2.13. The second-order valence-electron chi connectivity index (χ2n) is 5.81. The predicted molar refractivity (Wildman–Crippen MR) is 102 cm³/mol. The number of aryl methyl sites for hydroxylation is 1. The molecule has 2 aromatic carbocycles. The summed E-state index contributed by atoms with van der Waals surface area (Å²) in [4.78, 5) is 4.59. The van der Waals surface area contributed by atoms with Crippen LogP contribution in [0.5, 0.6) is 0 Å². The summed E-state index contributed by atoms with van der Waals surface area (Å²) in [5, 5.41) is 16.0. The third-order valence-corrected chi connectivity index (χ3v) is 3.93. The molecule has 0 amide bonds. The first-order valence-electron chi connectivity index (χ1n) is 8.28. The van der Waals surface area contributed by atoms with Crippen molar-refractivity contribution in [2.75, 3.05) is 17.2 Å². The van der Waals surface area contributed by atoms with Gasteiger partial charge in [-0.15, -0.1) is 0 Å². The highest BCUT2D eigenvalue weighted by atomic mass is 15.1. The van der Waals surface area contributed by atoms with E-state index in [1.807, 2.05) is 61.5 Å². The van der Waals surface area contributed by atoms with E-state index in [0.717, 1.165) is 30.0 Å². The number of hydrogen-bond acceptors (Lipinski definition) is 4. The van der Waals surface area contributed by atoms with Crippen LogP contribution in [0.2, 0.25) is 0 Å². The van der Waals surface area contributed by atoms with Crippen molar-refractivity contribution >= 4 is 17.3 Å². The highest BCUT2D eigenvalue weighted by molar-refractivity contribution is 5.67. The topological polar surface area (TPSA) is 60.7 Å². The Hall–Kier alpha value is -3.32. The molecule has 0 bridgehead atoms. The van der Waals surface area contributed by atoms with Crippen molar-refractivity contribution in [2.24, 2.45) is 0 Å². The molecule has 0 radical (unpaired) electrons. The highest BCUT2D eigenvalue weighted by Crippen LogP contribution is 2.24. The van der Waals surface area contributed by atoms with Gasteiger partial charge in [0.1, 0.15) is 11.9 Å². The average Bonchev–Trinajstić information content (AvgIpc) is 2.63. The highest BCUT2D eigenvalue weighted by Gasteiger charge is 2.10. The van der Waals surface area contributed by atoms with Gasteiger partial charge >= 0.3 is 0 Å². The van der Waals surface area contributed by atoms with Gasteiger partial charge in [0.2, 0.25) is 0 Å². The summed E-state index contributed by atoms with van der Waals surface area (Å²) < 4.78 is 0. The normalized spacial score (nSPS) is 10.1. The molecule has 1 aromatic heterocycles. The van der Waals surface area contributed by atoms with Crippen molar-refractivity contribution in [3.8, 4) is 6.07 Å². The van der Waals surface area contributed by atoms with Gasteiger partial charge in [0, 0.05) is 12.2 Å². The quantitative estimate of drug-likeness (QED) is 0.691. The van der Waals surface area contributed by atoms with Gasteiger partial charge in [-0.25, -0.2) is 4.98 Å². The van der Waals surface area contributed by atoms with Gasteiger partial charge in [-0.3, -0.25) is 0 Å². The largest absolute Gasteiger partial charge is 0.370 e. The summed E-state index contributed by atoms with van der Waals surface area (Å²) in [7, 11) is 0. The van der Waals surface area contributed by atoms with E-state index in [9.17, 15) is 5.26 Å². The Morgan fingerprint density at radius 2 is 1.68 bits per heavy atom. The molecule has 0 spiro atoms. The number of anilines is 3. The fourth-order valence-corrected chi connectivity index (χ4v) is 2.63.